The van der Waals surface area contributed by atoms with Crippen LogP contribution in [0.1, 0.15) is 216 Å². The van der Waals surface area contributed by atoms with Crippen molar-refractivity contribution in [3.63, 3.8) is 0 Å². The van der Waals surface area contributed by atoms with Crippen LogP contribution >= 0.6 is 11.8 Å². The Morgan fingerprint density at radius 2 is 1.31 bits per heavy atom. The SMILES string of the molecule is CCCCCCCCCCCCSCCC(=O)Nc1cc2c(cc1C1=C([O-])/C(=c3/cc4c(cc3NC(=O)CCC(=O)NCC(CC)CCCC)=[N+](C(C)C)C(C)C4(C)C)C1=O)C(C)(C)C(C)N2C(C)C. The maximum absolute atomic E-state index is 14.9. The molecule has 2 aromatic rings. The Morgan fingerprint density at radius 3 is 1.91 bits per heavy atom. The molecule has 11 heteroatoms. The molecule has 388 valence electrons. The number of carbonyl (C=O) groups excluding carboxylic acids is 4. The minimum absolute atomic E-state index is 0.0209. The lowest BCUT2D eigenvalue weighted by Crippen LogP contribution is -2.42. The van der Waals surface area contributed by atoms with E-state index in [2.05, 4.69) is 115 Å². The Labute approximate surface area is 426 Å². The highest BCUT2D eigenvalue weighted by molar-refractivity contribution is 7.99. The van der Waals surface area contributed by atoms with Gasteiger partial charge in [0.15, 0.2) is 11.8 Å². The van der Waals surface area contributed by atoms with Crippen molar-refractivity contribution in [2.75, 3.05) is 33.6 Å². The molecule has 1 aliphatic carbocycles. The van der Waals surface area contributed by atoms with Crippen LogP contribution in [0.5, 0.6) is 0 Å². The van der Waals surface area contributed by atoms with Crippen LogP contribution in [0.3, 0.4) is 0 Å². The standard InChI is InChI=1S/C59H91N5O5S/c1-14-17-19-20-21-22-23-24-25-26-31-70-32-30-53(67)62-48-36-50-46(59(12,13)41(9)64(50)39(6)7)34-44(48)55-56(68)54(57(55)69)43-33-45-49(63(38(4)5)40(8)58(45,10)11)35-47(43)61-52(66)29-28-51(65)60-37-42(16-3)27-18-15-2/h33-36,38-42H,14-32,37H2,1-13H3,(H3,60,61,62,65,66,67,68,69). The van der Waals surface area contributed by atoms with Gasteiger partial charge in [-0.25, -0.2) is 4.58 Å². The molecule has 0 radical (unpaired) electrons. The van der Waals surface area contributed by atoms with Crippen molar-refractivity contribution in [1.82, 2.24) is 9.89 Å². The molecular formula is C59H91N5O5S. The van der Waals surface area contributed by atoms with Crippen LogP contribution in [0.4, 0.5) is 17.1 Å². The molecule has 0 spiro atoms. The van der Waals surface area contributed by atoms with Crippen molar-refractivity contribution >= 4 is 63.5 Å². The van der Waals surface area contributed by atoms with Gasteiger partial charge in [0.25, 0.3) is 0 Å². The smallest absolute Gasteiger partial charge is 0.225 e. The lowest BCUT2D eigenvalue weighted by atomic mass is 9.76. The summed E-state index contributed by atoms with van der Waals surface area (Å²) in [6.45, 7) is 28.9. The van der Waals surface area contributed by atoms with Gasteiger partial charge in [0, 0.05) is 88.3 Å². The van der Waals surface area contributed by atoms with Gasteiger partial charge in [-0.05, 0) is 104 Å². The second-order valence-corrected chi connectivity index (χ2v) is 23.6. The van der Waals surface area contributed by atoms with E-state index in [1.54, 1.807) is 11.8 Å². The third kappa shape index (κ3) is 13.1. The van der Waals surface area contributed by atoms with Crippen molar-refractivity contribution in [3.8, 4) is 0 Å². The molecule has 3 N–H and O–H groups in total. The van der Waals surface area contributed by atoms with Crippen LogP contribution in [0.25, 0.3) is 11.1 Å². The number of nitrogens with zero attached hydrogens (tertiary/aromatic N) is 2. The summed E-state index contributed by atoms with van der Waals surface area (Å²) >= 11 is 1.81. The summed E-state index contributed by atoms with van der Waals surface area (Å²) in [4.78, 5) is 57.8. The summed E-state index contributed by atoms with van der Waals surface area (Å²) < 4.78 is 2.33. The number of amides is 3. The van der Waals surface area contributed by atoms with Crippen LogP contribution in [-0.2, 0) is 30.0 Å². The highest BCUT2D eigenvalue weighted by Crippen LogP contribution is 2.50. The Hall–Kier alpha value is -4.12. The van der Waals surface area contributed by atoms with E-state index < -0.39 is 11.5 Å². The van der Waals surface area contributed by atoms with Gasteiger partial charge in [-0.15, -0.1) is 0 Å². The van der Waals surface area contributed by atoms with Crippen molar-refractivity contribution in [3.05, 3.63) is 57.3 Å². The van der Waals surface area contributed by atoms with Crippen molar-refractivity contribution in [2.45, 2.75) is 234 Å². The summed E-state index contributed by atoms with van der Waals surface area (Å²) in [5, 5.41) is 25.5. The lowest BCUT2D eigenvalue weighted by molar-refractivity contribution is -0.292. The number of nitrogens with one attached hydrogen (secondary N) is 3. The maximum Gasteiger partial charge on any atom is 0.225 e. The van der Waals surface area contributed by atoms with Crippen molar-refractivity contribution in [1.29, 1.82) is 0 Å². The molecular weight excluding hydrogens is 891 g/mol. The number of benzene rings is 2. The van der Waals surface area contributed by atoms with Gasteiger partial charge >= 0.3 is 0 Å². The minimum atomic E-state index is -0.412. The molecule has 2 heterocycles. The number of thioether (sulfide) groups is 1. The maximum atomic E-state index is 14.9. The van der Waals surface area contributed by atoms with E-state index in [1.807, 2.05) is 24.3 Å². The van der Waals surface area contributed by atoms with Crippen LogP contribution < -0.4 is 41.1 Å². The van der Waals surface area contributed by atoms with Crippen molar-refractivity contribution in [2.24, 2.45) is 5.92 Å². The molecule has 3 aliphatic rings. The van der Waals surface area contributed by atoms with E-state index in [1.165, 1.54) is 57.8 Å². The fourth-order valence-electron chi connectivity index (χ4n) is 11.1. The summed E-state index contributed by atoms with van der Waals surface area (Å²) in [6, 6.07) is 8.35. The molecule has 0 saturated carbocycles. The number of hydrogen-bond donors (Lipinski definition) is 3. The highest BCUT2D eigenvalue weighted by atomic mass is 32.2. The minimum Gasteiger partial charge on any atom is -0.871 e. The number of fused-ring (bicyclic) bond motifs is 2. The molecule has 5 rings (SSSR count). The zero-order chi connectivity index (χ0) is 51.5. The number of allylic oxidation sites excluding steroid dienone is 2. The summed E-state index contributed by atoms with van der Waals surface area (Å²) in [6.07, 6.45) is 17.5. The van der Waals surface area contributed by atoms with E-state index in [4.69, 9.17) is 0 Å². The first kappa shape index (κ1) is 56.8. The number of rotatable bonds is 28. The molecule has 0 saturated heterocycles. The predicted molar refractivity (Wildman–Crippen MR) is 293 cm³/mol. The number of unbranched alkanes of at least 4 members (excludes halogenated alkanes) is 10. The topological polar surface area (TPSA) is 134 Å². The second kappa shape index (κ2) is 25.5. The highest BCUT2D eigenvalue weighted by Gasteiger charge is 2.47. The van der Waals surface area contributed by atoms with Crippen LogP contribution in [-0.4, -0.2) is 65.7 Å². The average molecular weight is 982 g/mol. The summed E-state index contributed by atoms with van der Waals surface area (Å²) in [7, 11) is 0. The second-order valence-electron chi connectivity index (χ2n) is 22.4. The summed E-state index contributed by atoms with van der Waals surface area (Å²) in [5.41, 5.74) is 3.73. The third-order valence-electron chi connectivity index (χ3n) is 16.1. The number of ketones is 1. The molecule has 3 unspecified atom stereocenters. The first-order valence-corrected chi connectivity index (χ1v) is 28.6. The fourth-order valence-corrected chi connectivity index (χ4v) is 12.0. The van der Waals surface area contributed by atoms with Gasteiger partial charge in [0.2, 0.25) is 23.1 Å². The molecule has 0 aromatic heterocycles. The quantitative estimate of drug-likeness (QED) is 0.0571. The fraction of sp³-hybridized carbons (Fsp3) is 0.678. The largest absolute Gasteiger partial charge is 0.871 e. The Balaban J connectivity index is 1.46. The predicted octanol–water partition coefficient (Wildman–Crippen LogP) is 10.7. The number of anilines is 3. The molecule has 2 aromatic carbocycles. The lowest BCUT2D eigenvalue weighted by Gasteiger charge is -2.34. The van der Waals surface area contributed by atoms with Gasteiger partial charge in [-0.2, -0.15) is 11.8 Å². The Bertz CT molecular complexity index is 2350. The number of carbonyl (C=O) groups is 4. The van der Waals surface area contributed by atoms with E-state index in [0.717, 1.165) is 60.0 Å². The first-order valence-electron chi connectivity index (χ1n) is 27.4. The zero-order valence-corrected chi connectivity index (χ0v) is 46.5. The molecule has 3 amide bonds. The van der Waals surface area contributed by atoms with Gasteiger partial charge in [0.1, 0.15) is 6.04 Å². The monoisotopic (exact) mass is 982 g/mol. The van der Waals surface area contributed by atoms with Gasteiger partial charge in [-0.3, -0.25) is 19.2 Å². The molecule has 2 aliphatic heterocycles. The molecule has 0 fully saturated rings. The molecule has 70 heavy (non-hydrogen) atoms. The number of hydrogen-bond acceptors (Lipinski definition) is 7. The third-order valence-corrected chi connectivity index (χ3v) is 17.1. The van der Waals surface area contributed by atoms with Gasteiger partial charge < -0.3 is 26.0 Å². The van der Waals surface area contributed by atoms with E-state index >= 15 is 0 Å². The summed E-state index contributed by atoms with van der Waals surface area (Å²) in [5.74, 6) is 0.609. The van der Waals surface area contributed by atoms with Crippen molar-refractivity contribution < 1.29 is 24.3 Å². The average Bonchev–Trinajstić information content (AvgIpc) is 3.62. The number of Topliss-reactive ketones (excluding diaryl/α,β-unsaturated/α-hetero) is 1. The Morgan fingerprint density at radius 1 is 0.714 bits per heavy atom. The van der Waals surface area contributed by atoms with E-state index in [-0.39, 0.29) is 76.7 Å². The zero-order valence-electron chi connectivity index (χ0n) is 45.7. The van der Waals surface area contributed by atoms with Gasteiger partial charge in [-0.1, -0.05) is 117 Å². The van der Waals surface area contributed by atoms with Crippen LogP contribution in [0.15, 0.2) is 30.0 Å². The Kier molecular flexibility index (Phi) is 20.7. The molecule has 3 atom stereocenters. The van der Waals surface area contributed by atoms with Crippen LogP contribution in [0.2, 0.25) is 0 Å². The van der Waals surface area contributed by atoms with Crippen LogP contribution in [0, 0.1) is 5.92 Å². The molecule has 10 nitrogen and oxygen atoms in total. The molecule has 0 bridgehead atoms. The normalized spacial score (nSPS) is 19.2. The first-order chi connectivity index (χ1) is 33.2. The van der Waals surface area contributed by atoms with Gasteiger partial charge in [0.05, 0.1) is 16.8 Å². The van der Waals surface area contributed by atoms with E-state index in [0.29, 0.717) is 46.8 Å². The van der Waals surface area contributed by atoms with E-state index in [9.17, 15) is 24.3 Å².